The lowest BCUT2D eigenvalue weighted by Crippen LogP contribution is -2.03. The summed E-state index contributed by atoms with van der Waals surface area (Å²) in [6.07, 6.45) is 0. The highest BCUT2D eigenvalue weighted by Gasteiger charge is 1.92. The molecule has 0 aromatic carbocycles. The lowest BCUT2D eigenvalue weighted by molar-refractivity contribution is -0.128. The third-order valence-corrected chi connectivity index (χ3v) is 1.22. The molecular formula is C9H16N4O2. The maximum Gasteiger partial charge on any atom is 0.293 e. The molecule has 0 saturated carbocycles. The Hall–Kier alpha value is -1.85. The maximum absolute atomic E-state index is 9.18. The summed E-state index contributed by atoms with van der Waals surface area (Å²) in [7, 11) is 0. The minimum absolute atomic E-state index is 0.431. The SMILES string of the molecule is CC(N)=Nc1cc(C)[nH]n1.CCOC=O. The first-order chi connectivity index (χ1) is 7.10. The van der Waals surface area contributed by atoms with Crippen molar-refractivity contribution in [3.05, 3.63) is 11.8 Å². The van der Waals surface area contributed by atoms with Gasteiger partial charge in [0.05, 0.1) is 12.4 Å². The number of nitrogens with two attached hydrogens (primary N) is 1. The van der Waals surface area contributed by atoms with Crippen molar-refractivity contribution in [2.75, 3.05) is 6.61 Å². The highest BCUT2D eigenvalue weighted by molar-refractivity contribution is 5.79. The van der Waals surface area contributed by atoms with Crippen molar-refractivity contribution in [1.82, 2.24) is 10.2 Å². The predicted molar refractivity (Wildman–Crippen MR) is 58.0 cm³/mol. The summed E-state index contributed by atoms with van der Waals surface area (Å²) in [4.78, 5) is 13.1. The topological polar surface area (TPSA) is 93.4 Å². The zero-order chi connectivity index (χ0) is 11.7. The van der Waals surface area contributed by atoms with Gasteiger partial charge in [0.25, 0.3) is 6.47 Å². The molecule has 1 aromatic heterocycles. The number of hydrogen-bond donors (Lipinski definition) is 2. The minimum Gasteiger partial charge on any atom is -0.468 e. The fourth-order valence-electron chi connectivity index (χ4n) is 0.710. The van der Waals surface area contributed by atoms with E-state index in [0.717, 1.165) is 5.69 Å². The predicted octanol–water partition coefficient (Wildman–Crippen LogP) is 0.906. The molecule has 3 N–H and O–H groups in total. The zero-order valence-electron chi connectivity index (χ0n) is 9.15. The summed E-state index contributed by atoms with van der Waals surface area (Å²) >= 11 is 0. The Labute approximate surface area is 88.5 Å². The van der Waals surface area contributed by atoms with Crippen LogP contribution < -0.4 is 5.73 Å². The Morgan fingerprint density at radius 1 is 1.80 bits per heavy atom. The summed E-state index contributed by atoms with van der Waals surface area (Å²) in [6.45, 7) is 6.31. The first kappa shape index (κ1) is 13.2. The molecule has 0 spiro atoms. The number of rotatable bonds is 3. The van der Waals surface area contributed by atoms with Crippen LogP contribution in [0.25, 0.3) is 0 Å². The highest BCUT2D eigenvalue weighted by atomic mass is 16.5. The normalized spacial score (nSPS) is 10.2. The number of carbonyl (C=O) groups excluding carboxylic acids is 1. The fourth-order valence-corrected chi connectivity index (χ4v) is 0.710. The van der Waals surface area contributed by atoms with E-state index in [0.29, 0.717) is 24.7 Å². The van der Waals surface area contributed by atoms with Gasteiger partial charge < -0.3 is 10.5 Å². The van der Waals surface area contributed by atoms with Crippen molar-refractivity contribution in [2.45, 2.75) is 20.8 Å². The third-order valence-electron chi connectivity index (χ3n) is 1.22. The van der Waals surface area contributed by atoms with E-state index >= 15 is 0 Å². The van der Waals surface area contributed by atoms with E-state index in [4.69, 9.17) is 5.73 Å². The molecular weight excluding hydrogens is 196 g/mol. The van der Waals surface area contributed by atoms with Gasteiger partial charge >= 0.3 is 0 Å². The number of hydrogen-bond acceptors (Lipinski definition) is 4. The van der Waals surface area contributed by atoms with Crippen molar-refractivity contribution >= 4 is 18.1 Å². The van der Waals surface area contributed by atoms with E-state index in [-0.39, 0.29) is 0 Å². The van der Waals surface area contributed by atoms with Crippen molar-refractivity contribution in [3.8, 4) is 0 Å². The number of aromatic nitrogens is 2. The molecule has 1 heterocycles. The van der Waals surface area contributed by atoms with Crippen LogP contribution >= 0.6 is 0 Å². The van der Waals surface area contributed by atoms with E-state index in [1.807, 2.05) is 13.0 Å². The standard InChI is InChI=1S/C6H10N4.C3H6O2/c1-4-3-6(10-9-4)8-5(2)7;1-2-5-3-4/h3H,1-2H3,(H3,7,8,9,10);3H,2H2,1H3. The summed E-state index contributed by atoms with van der Waals surface area (Å²) in [5.74, 6) is 1.16. The van der Waals surface area contributed by atoms with Crippen molar-refractivity contribution in [1.29, 1.82) is 0 Å². The Morgan fingerprint density at radius 2 is 2.47 bits per heavy atom. The van der Waals surface area contributed by atoms with Crippen LogP contribution in [-0.4, -0.2) is 29.1 Å². The second-order valence-corrected chi connectivity index (χ2v) is 2.71. The number of carbonyl (C=O) groups is 1. The molecule has 6 nitrogen and oxygen atoms in total. The first-order valence-corrected chi connectivity index (χ1v) is 4.48. The van der Waals surface area contributed by atoms with Crippen LogP contribution in [0, 0.1) is 6.92 Å². The summed E-state index contributed by atoms with van der Waals surface area (Å²) in [6, 6.07) is 1.83. The van der Waals surface area contributed by atoms with Gasteiger partial charge in [-0.25, -0.2) is 4.99 Å². The Morgan fingerprint density at radius 3 is 2.73 bits per heavy atom. The minimum atomic E-state index is 0.431. The van der Waals surface area contributed by atoms with Gasteiger partial charge in [-0.15, -0.1) is 0 Å². The first-order valence-electron chi connectivity index (χ1n) is 4.48. The van der Waals surface area contributed by atoms with Gasteiger partial charge in [-0.2, -0.15) is 5.10 Å². The maximum atomic E-state index is 9.18. The number of amidine groups is 1. The van der Waals surface area contributed by atoms with Crippen LogP contribution in [-0.2, 0) is 9.53 Å². The van der Waals surface area contributed by atoms with Gasteiger partial charge in [0, 0.05) is 11.8 Å². The quantitative estimate of drug-likeness (QED) is 0.442. The van der Waals surface area contributed by atoms with Crippen molar-refractivity contribution < 1.29 is 9.53 Å². The van der Waals surface area contributed by atoms with Crippen molar-refractivity contribution in [3.63, 3.8) is 0 Å². The smallest absolute Gasteiger partial charge is 0.293 e. The molecule has 84 valence electrons. The van der Waals surface area contributed by atoms with Gasteiger partial charge in [-0.1, -0.05) is 0 Å². The average Bonchev–Trinajstić information content (AvgIpc) is 2.52. The molecule has 1 rings (SSSR count). The molecule has 0 saturated heterocycles. The number of aliphatic imine (C=N–C) groups is 1. The van der Waals surface area contributed by atoms with Gasteiger partial charge in [-0.05, 0) is 20.8 Å². The molecule has 15 heavy (non-hydrogen) atoms. The third kappa shape index (κ3) is 7.24. The molecule has 0 aliphatic carbocycles. The second-order valence-electron chi connectivity index (χ2n) is 2.71. The zero-order valence-corrected chi connectivity index (χ0v) is 9.15. The average molecular weight is 212 g/mol. The number of H-pyrrole nitrogens is 1. The van der Waals surface area contributed by atoms with Gasteiger partial charge in [0.1, 0.15) is 0 Å². The van der Waals surface area contributed by atoms with Crippen LogP contribution in [0.4, 0.5) is 5.82 Å². The van der Waals surface area contributed by atoms with Crippen LogP contribution in [0.15, 0.2) is 11.1 Å². The largest absolute Gasteiger partial charge is 0.468 e. The molecule has 6 heteroatoms. The Kier molecular flexibility index (Phi) is 6.61. The molecule has 0 bridgehead atoms. The molecule has 0 fully saturated rings. The van der Waals surface area contributed by atoms with E-state index in [9.17, 15) is 4.79 Å². The fraction of sp³-hybridized carbons (Fsp3) is 0.444. The molecule has 0 atom stereocenters. The van der Waals surface area contributed by atoms with Crippen LogP contribution in [0.2, 0.25) is 0 Å². The van der Waals surface area contributed by atoms with Gasteiger partial charge in [0.2, 0.25) is 0 Å². The molecule has 0 aliphatic rings. The summed E-state index contributed by atoms with van der Waals surface area (Å²) in [5, 5.41) is 6.62. The Bertz CT molecular complexity index is 316. The Balaban J connectivity index is 0.000000336. The molecule has 0 amide bonds. The number of aromatic amines is 1. The monoisotopic (exact) mass is 212 g/mol. The molecule has 0 aliphatic heterocycles. The van der Waals surface area contributed by atoms with E-state index in [1.165, 1.54) is 0 Å². The van der Waals surface area contributed by atoms with E-state index in [1.54, 1.807) is 13.8 Å². The summed E-state index contributed by atoms with van der Waals surface area (Å²) in [5.41, 5.74) is 6.32. The summed E-state index contributed by atoms with van der Waals surface area (Å²) < 4.78 is 4.15. The number of nitrogens with one attached hydrogen (secondary N) is 1. The van der Waals surface area contributed by atoms with Gasteiger partial charge in [-0.3, -0.25) is 9.89 Å². The van der Waals surface area contributed by atoms with Crippen LogP contribution in [0.1, 0.15) is 19.5 Å². The number of nitrogens with zero attached hydrogens (tertiary/aromatic N) is 2. The number of ether oxygens (including phenoxy) is 1. The molecule has 1 aromatic rings. The lowest BCUT2D eigenvalue weighted by Gasteiger charge is -1.84. The molecule has 0 radical (unpaired) electrons. The second kappa shape index (κ2) is 7.54. The van der Waals surface area contributed by atoms with E-state index < -0.39 is 0 Å². The highest BCUT2D eigenvalue weighted by Crippen LogP contribution is 2.06. The van der Waals surface area contributed by atoms with E-state index in [2.05, 4.69) is 19.9 Å². The lowest BCUT2D eigenvalue weighted by atomic mass is 10.5. The molecule has 0 unspecified atom stereocenters. The van der Waals surface area contributed by atoms with Crippen LogP contribution in [0.3, 0.4) is 0 Å². The number of aryl methyl sites for hydroxylation is 1. The van der Waals surface area contributed by atoms with Crippen molar-refractivity contribution in [2.24, 2.45) is 10.7 Å². The van der Waals surface area contributed by atoms with Gasteiger partial charge in [0.15, 0.2) is 5.82 Å². The van der Waals surface area contributed by atoms with Crippen LogP contribution in [0.5, 0.6) is 0 Å².